The third-order valence-corrected chi connectivity index (χ3v) is 3.58. The maximum Gasteiger partial charge on any atom is 0.356 e. The lowest BCUT2D eigenvalue weighted by Gasteiger charge is -2.25. The molecule has 10 heteroatoms. The lowest BCUT2D eigenvalue weighted by atomic mass is 10.1. The second kappa shape index (κ2) is 11.6. The van der Waals surface area contributed by atoms with Gasteiger partial charge in [-0.2, -0.15) is 5.48 Å². The highest BCUT2D eigenvalue weighted by atomic mass is 16.7. The molecule has 27 heavy (non-hydrogen) atoms. The number of hydrogen-bond donors (Lipinski definition) is 4. The molecule has 0 aliphatic carbocycles. The number of unbranched alkanes of at least 4 members (excludes halogenated alkanes) is 1. The Labute approximate surface area is 155 Å². The number of nitrogens with zero attached hydrogens (tertiary/aromatic N) is 1. The van der Waals surface area contributed by atoms with Gasteiger partial charge in [-0.1, -0.05) is 18.2 Å². The first kappa shape index (κ1) is 22.1. The van der Waals surface area contributed by atoms with Gasteiger partial charge in [-0.3, -0.25) is 19.3 Å². The average molecular weight is 382 g/mol. The number of carboxylic acids is 3. The van der Waals surface area contributed by atoms with E-state index in [1.165, 1.54) is 0 Å². The monoisotopic (exact) mass is 382 g/mol. The number of rotatable bonds is 13. The van der Waals surface area contributed by atoms with E-state index in [1.807, 2.05) is 0 Å². The van der Waals surface area contributed by atoms with Crippen molar-refractivity contribution in [3.63, 3.8) is 0 Å². The molecular formula is C17H22N2O8. The minimum Gasteiger partial charge on any atom is -0.480 e. The summed E-state index contributed by atoms with van der Waals surface area (Å²) in [5.41, 5.74) is 2.86. The third kappa shape index (κ3) is 8.79. The molecule has 0 saturated heterocycles. The number of benzene rings is 1. The summed E-state index contributed by atoms with van der Waals surface area (Å²) in [5, 5.41) is 26.9. The van der Waals surface area contributed by atoms with Crippen LogP contribution in [-0.4, -0.2) is 69.8 Å². The summed E-state index contributed by atoms with van der Waals surface area (Å²) in [7, 11) is 0. The number of aliphatic carboxylic acids is 3. The Morgan fingerprint density at radius 1 is 0.963 bits per heavy atom. The Balaban J connectivity index is 2.39. The van der Waals surface area contributed by atoms with Crippen LogP contribution in [0.1, 0.15) is 29.6 Å². The Morgan fingerprint density at radius 3 is 2.07 bits per heavy atom. The first-order valence-electron chi connectivity index (χ1n) is 8.20. The number of carbonyl (C=O) groups is 4. The van der Waals surface area contributed by atoms with Gasteiger partial charge in [0.1, 0.15) is 6.04 Å². The zero-order valence-electron chi connectivity index (χ0n) is 14.5. The first-order chi connectivity index (χ1) is 12.8. The van der Waals surface area contributed by atoms with E-state index in [0.29, 0.717) is 18.4 Å². The SMILES string of the molecule is O=C(O)CN(CC(=O)O)C(CCCCNOC(=O)c1ccccc1)C(=O)O. The van der Waals surface area contributed by atoms with Crippen LogP contribution >= 0.6 is 0 Å². The largest absolute Gasteiger partial charge is 0.480 e. The highest BCUT2D eigenvalue weighted by Crippen LogP contribution is 2.10. The van der Waals surface area contributed by atoms with Gasteiger partial charge in [-0.15, -0.1) is 0 Å². The van der Waals surface area contributed by atoms with E-state index < -0.39 is 43.0 Å². The van der Waals surface area contributed by atoms with E-state index in [-0.39, 0.29) is 13.0 Å². The number of hydroxylamine groups is 1. The Kier molecular flexibility index (Phi) is 9.48. The molecule has 10 nitrogen and oxygen atoms in total. The lowest BCUT2D eigenvalue weighted by Crippen LogP contribution is -2.46. The second-order valence-corrected chi connectivity index (χ2v) is 5.69. The fourth-order valence-corrected chi connectivity index (χ4v) is 2.37. The van der Waals surface area contributed by atoms with Crippen LogP contribution in [0.15, 0.2) is 30.3 Å². The molecule has 0 saturated carbocycles. The van der Waals surface area contributed by atoms with E-state index in [0.717, 1.165) is 4.90 Å². The third-order valence-electron chi connectivity index (χ3n) is 3.58. The summed E-state index contributed by atoms with van der Waals surface area (Å²) < 4.78 is 0. The van der Waals surface area contributed by atoms with Crippen LogP contribution in [0, 0.1) is 0 Å². The van der Waals surface area contributed by atoms with Gasteiger partial charge in [0.05, 0.1) is 18.7 Å². The highest BCUT2D eigenvalue weighted by molar-refractivity contribution is 5.89. The van der Waals surface area contributed by atoms with Crippen LogP contribution in [0.5, 0.6) is 0 Å². The zero-order chi connectivity index (χ0) is 20.2. The number of carbonyl (C=O) groups excluding carboxylic acids is 1. The van der Waals surface area contributed by atoms with Crippen molar-refractivity contribution >= 4 is 23.9 Å². The molecule has 0 aromatic heterocycles. The van der Waals surface area contributed by atoms with Crippen molar-refractivity contribution in [1.82, 2.24) is 10.4 Å². The molecule has 0 aliphatic rings. The molecule has 4 N–H and O–H groups in total. The topological polar surface area (TPSA) is 153 Å². The highest BCUT2D eigenvalue weighted by Gasteiger charge is 2.28. The van der Waals surface area contributed by atoms with E-state index in [4.69, 9.17) is 15.1 Å². The van der Waals surface area contributed by atoms with Gasteiger partial charge < -0.3 is 20.2 Å². The van der Waals surface area contributed by atoms with Gasteiger partial charge >= 0.3 is 23.9 Å². The van der Waals surface area contributed by atoms with Crippen LogP contribution in [0.2, 0.25) is 0 Å². The summed E-state index contributed by atoms with van der Waals surface area (Å²) >= 11 is 0. The van der Waals surface area contributed by atoms with Crippen molar-refractivity contribution in [3.05, 3.63) is 35.9 Å². The average Bonchev–Trinajstić information content (AvgIpc) is 2.59. The van der Waals surface area contributed by atoms with E-state index >= 15 is 0 Å². The molecule has 0 radical (unpaired) electrons. The fraction of sp³-hybridized carbons (Fsp3) is 0.412. The summed E-state index contributed by atoms with van der Waals surface area (Å²) in [6, 6.07) is 7.12. The van der Waals surface area contributed by atoms with Crippen molar-refractivity contribution in [1.29, 1.82) is 0 Å². The molecule has 1 aromatic rings. The summed E-state index contributed by atoms with van der Waals surface area (Å²) in [5.74, 6) is -4.46. The van der Waals surface area contributed by atoms with Crippen LogP contribution < -0.4 is 5.48 Å². The lowest BCUT2D eigenvalue weighted by molar-refractivity contribution is -0.149. The van der Waals surface area contributed by atoms with Gasteiger partial charge in [0.15, 0.2) is 0 Å². The molecule has 0 heterocycles. The standard InChI is InChI=1S/C17H22N2O8/c20-14(21)10-19(11-15(22)23)13(16(24)25)8-4-5-9-18-27-17(26)12-6-2-1-3-7-12/h1-3,6-7,13,18H,4-5,8-11H2,(H,20,21)(H,22,23)(H,24,25). The normalized spacial score (nSPS) is 11.7. The smallest absolute Gasteiger partial charge is 0.356 e. The minimum absolute atomic E-state index is 0.0597. The van der Waals surface area contributed by atoms with Crippen LogP contribution in [-0.2, 0) is 19.2 Å². The summed E-state index contributed by atoms with van der Waals surface area (Å²) in [6.45, 7) is -1.10. The van der Waals surface area contributed by atoms with E-state index in [9.17, 15) is 24.3 Å². The molecule has 1 atom stereocenters. The van der Waals surface area contributed by atoms with Crippen molar-refractivity contribution in [2.45, 2.75) is 25.3 Å². The Bertz CT molecular complexity index is 634. The van der Waals surface area contributed by atoms with Crippen molar-refractivity contribution in [3.8, 4) is 0 Å². The predicted molar refractivity (Wildman–Crippen MR) is 92.0 cm³/mol. The molecule has 0 aliphatic heterocycles. The maximum absolute atomic E-state index is 11.7. The van der Waals surface area contributed by atoms with Crippen molar-refractivity contribution < 1.29 is 39.3 Å². The van der Waals surface area contributed by atoms with Crippen molar-refractivity contribution in [2.75, 3.05) is 19.6 Å². The molecule has 0 amide bonds. The van der Waals surface area contributed by atoms with Crippen LogP contribution in [0.3, 0.4) is 0 Å². The Morgan fingerprint density at radius 2 is 1.56 bits per heavy atom. The van der Waals surface area contributed by atoms with Gasteiger partial charge in [0.2, 0.25) is 0 Å². The predicted octanol–water partition coefficient (Wildman–Crippen LogP) is 0.443. The van der Waals surface area contributed by atoms with Gasteiger partial charge in [-0.05, 0) is 31.4 Å². The molecule has 1 rings (SSSR count). The van der Waals surface area contributed by atoms with E-state index in [1.54, 1.807) is 30.3 Å². The quantitative estimate of drug-likeness (QED) is 0.279. The van der Waals surface area contributed by atoms with Gasteiger partial charge in [-0.25, -0.2) is 4.79 Å². The number of nitrogens with one attached hydrogen (secondary N) is 1. The molecule has 148 valence electrons. The second-order valence-electron chi connectivity index (χ2n) is 5.69. The summed E-state index contributed by atoms with van der Waals surface area (Å²) in [4.78, 5) is 50.5. The summed E-state index contributed by atoms with van der Waals surface area (Å²) in [6.07, 6.45) is 0.868. The molecule has 0 bridgehead atoms. The zero-order valence-corrected chi connectivity index (χ0v) is 14.5. The van der Waals surface area contributed by atoms with Gasteiger partial charge in [0.25, 0.3) is 0 Å². The van der Waals surface area contributed by atoms with Crippen LogP contribution in [0.25, 0.3) is 0 Å². The fourth-order valence-electron chi connectivity index (χ4n) is 2.37. The van der Waals surface area contributed by atoms with E-state index in [2.05, 4.69) is 5.48 Å². The molecule has 0 spiro atoms. The molecule has 0 fully saturated rings. The van der Waals surface area contributed by atoms with Gasteiger partial charge in [0, 0.05) is 6.54 Å². The maximum atomic E-state index is 11.7. The number of hydrogen-bond acceptors (Lipinski definition) is 7. The minimum atomic E-state index is -1.31. The van der Waals surface area contributed by atoms with Crippen LogP contribution in [0.4, 0.5) is 0 Å². The van der Waals surface area contributed by atoms with Crippen molar-refractivity contribution in [2.24, 2.45) is 0 Å². The Hall–Kier alpha value is -2.98. The molecular weight excluding hydrogens is 360 g/mol. The molecule has 1 unspecified atom stereocenters. The first-order valence-corrected chi connectivity index (χ1v) is 8.20. The molecule has 1 aromatic carbocycles. The number of carboxylic acid groups (broad SMARTS) is 3.